The van der Waals surface area contributed by atoms with Gasteiger partial charge in [0.1, 0.15) is 5.76 Å². The molecule has 0 saturated carbocycles. The highest BCUT2D eigenvalue weighted by atomic mass is 16.7. The zero-order chi connectivity index (χ0) is 13.9. The Morgan fingerprint density at radius 3 is 2.80 bits per heavy atom. The maximum absolute atomic E-state index is 5.41. The van der Waals surface area contributed by atoms with E-state index in [2.05, 4.69) is 25.2 Å². The van der Waals surface area contributed by atoms with Crippen LogP contribution in [0, 0.1) is 0 Å². The summed E-state index contributed by atoms with van der Waals surface area (Å²) in [7, 11) is 0. The van der Waals surface area contributed by atoms with Crippen molar-refractivity contribution in [3.63, 3.8) is 0 Å². The van der Waals surface area contributed by atoms with Crippen molar-refractivity contribution in [2.24, 2.45) is 0 Å². The van der Waals surface area contributed by atoms with Crippen LogP contribution in [-0.2, 0) is 6.42 Å². The molecule has 1 aliphatic heterocycles. The van der Waals surface area contributed by atoms with Crippen LogP contribution in [0.15, 0.2) is 41.0 Å². The molecule has 20 heavy (non-hydrogen) atoms. The van der Waals surface area contributed by atoms with Crippen molar-refractivity contribution in [2.45, 2.75) is 32.4 Å². The van der Waals surface area contributed by atoms with Gasteiger partial charge in [0, 0.05) is 18.5 Å². The van der Waals surface area contributed by atoms with Crippen molar-refractivity contribution in [2.75, 3.05) is 6.79 Å². The Labute approximate surface area is 118 Å². The van der Waals surface area contributed by atoms with Gasteiger partial charge in [-0.2, -0.15) is 0 Å². The van der Waals surface area contributed by atoms with Crippen LogP contribution in [0.4, 0.5) is 0 Å². The summed E-state index contributed by atoms with van der Waals surface area (Å²) >= 11 is 0. The summed E-state index contributed by atoms with van der Waals surface area (Å²) in [5.74, 6) is 2.65. The Bertz CT molecular complexity index is 565. The van der Waals surface area contributed by atoms with Crippen molar-refractivity contribution in [3.05, 3.63) is 47.9 Å². The number of fused-ring (bicyclic) bond motifs is 1. The van der Waals surface area contributed by atoms with Gasteiger partial charge < -0.3 is 19.2 Å². The van der Waals surface area contributed by atoms with Gasteiger partial charge in [-0.15, -0.1) is 0 Å². The quantitative estimate of drug-likeness (QED) is 0.908. The van der Waals surface area contributed by atoms with Crippen molar-refractivity contribution in [3.8, 4) is 11.5 Å². The summed E-state index contributed by atoms with van der Waals surface area (Å²) in [6.07, 6.45) is 2.59. The normalized spacial score (nSPS) is 16.1. The van der Waals surface area contributed by atoms with Crippen LogP contribution in [0.5, 0.6) is 11.5 Å². The molecule has 1 aromatic carbocycles. The van der Waals surface area contributed by atoms with Crippen LogP contribution >= 0.6 is 0 Å². The maximum atomic E-state index is 5.41. The summed E-state index contributed by atoms with van der Waals surface area (Å²) < 4.78 is 16.1. The molecule has 2 atom stereocenters. The Kier molecular flexibility index (Phi) is 3.65. The largest absolute Gasteiger partial charge is 0.469 e. The Balaban J connectivity index is 1.62. The van der Waals surface area contributed by atoms with Crippen molar-refractivity contribution in [1.82, 2.24) is 5.32 Å². The predicted octanol–water partition coefficient (Wildman–Crippen LogP) is 3.29. The molecule has 1 N–H and O–H groups in total. The van der Waals surface area contributed by atoms with Gasteiger partial charge in [0.25, 0.3) is 0 Å². The topological polar surface area (TPSA) is 43.6 Å². The van der Waals surface area contributed by atoms with Gasteiger partial charge in [-0.3, -0.25) is 0 Å². The summed E-state index contributed by atoms with van der Waals surface area (Å²) in [5.41, 5.74) is 1.19. The Morgan fingerprint density at radius 1 is 1.15 bits per heavy atom. The molecule has 4 nitrogen and oxygen atoms in total. The predicted molar refractivity (Wildman–Crippen MR) is 76.0 cm³/mol. The Morgan fingerprint density at radius 2 is 2.00 bits per heavy atom. The highest BCUT2D eigenvalue weighted by molar-refractivity contribution is 5.45. The van der Waals surface area contributed by atoms with Crippen LogP contribution in [0.2, 0.25) is 0 Å². The molecule has 0 saturated heterocycles. The van der Waals surface area contributed by atoms with E-state index in [4.69, 9.17) is 13.9 Å². The van der Waals surface area contributed by atoms with Gasteiger partial charge in [-0.25, -0.2) is 0 Å². The van der Waals surface area contributed by atoms with E-state index < -0.39 is 0 Å². The zero-order valence-corrected chi connectivity index (χ0v) is 11.8. The molecule has 0 spiro atoms. The van der Waals surface area contributed by atoms with Gasteiger partial charge in [0.2, 0.25) is 6.79 Å². The molecular weight excluding hydrogens is 254 g/mol. The first kappa shape index (κ1) is 13.1. The maximum Gasteiger partial charge on any atom is 0.231 e. The fourth-order valence-corrected chi connectivity index (χ4v) is 2.49. The molecule has 0 bridgehead atoms. The lowest BCUT2D eigenvalue weighted by atomic mass is 10.1. The third kappa shape index (κ3) is 2.80. The van der Waals surface area contributed by atoms with Crippen LogP contribution in [-0.4, -0.2) is 12.8 Å². The first-order valence-corrected chi connectivity index (χ1v) is 6.90. The minimum Gasteiger partial charge on any atom is -0.469 e. The van der Waals surface area contributed by atoms with Gasteiger partial charge in [0.15, 0.2) is 11.5 Å². The standard InChI is InChI=1S/C16H19NO3/c1-11(8-14-4-3-7-18-14)17-12(2)13-5-6-15-16(9-13)20-10-19-15/h3-7,9,11-12,17H,8,10H2,1-2H3. The third-order valence-corrected chi connectivity index (χ3v) is 3.52. The average Bonchev–Trinajstić information content (AvgIpc) is 3.07. The number of furan rings is 1. The molecule has 0 amide bonds. The molecule has 4 heteroatoms. The summed E-state index contributed by atoms with van der Waals surface area (Å²) in [5, 5.41) is 3.57. The van der Waals surface area contributed by atoms with Crippen LogP contribution < -0.4 is 14.8 Å². The first-order chi connectivity index (χ1) is 9.72. The van der Waals surface area contributed by atoms with Crippen LogP contribution in [0.25, 0.3) is 0 Å². The molecule has 2 unspecified atom stereocenters. The zero-order valence-electron chi connectivity index (χ0n) is 11.8. The molecule has 3 rings (SSSR count). The van der Waals surface area contributed by atoms with E-state index in [9.17, 15) is 0 Å². The molecule has 1 aliphatic rings. The SMILES string of the molecule is CC(Cc1ccco1)NC(C)c1ccc2c(c1)OCO2. The molecular formula is C16H19NO3. The summed E-state index contributed by atoms with van der Waals surface area (Å²) in [4.78, 5) is 0. The second-order valence-corrected chi connectivity index (χ2v) is 5.19. The van der Waals surface area contributed by atoms with Crippen molar-refractivity contribution >= 4 is 0 Å². The molecule has 2 aromatic rings. The monoisotopic (exact) mass is 273 g/mol. The first-order valence-electron chi connectivity index (χ1n) is 6.90. The van der Waals surface area contributed by atoms with E-state index in [1.807, 2.05) is 24.3 Å². The molecule has 2 heterocycles. The summed E-state index contributed by atoms with van der Waals surface area (Å²) in [6, 6.07) is 10.6. The fourth-order valence-electron chi connectivity index (χ4n) is 2.49. The van der Waals surface area contributed by atoms with E-state index in [0.717, 1.165) is 23.7 Å². The number of hydrogen-bond donors (Lipinski definition) is 1. The smallest absolute Gasteiger partial charge is 0.231 e. The highest BCUT2D eigenvalue weighted by Gasteiger charge is 2.17. The van der Waals surface area contributed by atoms with Gasteiger partial charge in [-0.1, -0.05) is 6.07 Å². The minimum atomic E-state index is 0.245. The number of benzene rings is 1. The van der Waals surface area contributed by atoms with E-state index in [-0.39, 0.29) is 6.04 Å². The van der Waals surface area contributed by atoms with Crippen LogP contribution in [0.1, 0.15) is 31.2 Å². The second-order valence-electron chi connectivity index (χ2n) is 5.19. The van der Waals surface area contributed by atoms with Gasteiger partial charge >= 0.3 is 0 Å². The lowest BCUT2D eigenvalue weighted by molar-refractivity contribution is 0.174. The number of rotatable bonds is 5. The van der Waals surface area contributed by atoms with E-state index in [1.54, 1.807) is 6.26 Å². The Hall–Kier alpha value is -1.94. The average molecular weight is 273 g/mol. The van der Waals surface area contributed by atoms with Crippen molar-refractivity contribution in [1.29, 1.82) is 0 Å². The minimum absolute atomic E-state index is 0.245. The van der Waals surface area contributed by atoms with E-state index in [1.165, 1.54) is 5.56 Å². The number of hydrogen-bond acceptors (Lipinski definition) is 4. The molecule has 0 fully saturated rings. The van der Waals surface area contributed by atoms with E-state index in [0.29, 0.717) is 12.8 Å². The highest BCUT2D eigenvalue weighted by Crippen LogP contribution is 2.34. The van der Waals surface area contributed by atoms with E-state index >= 15 is 0 Å². The number of nitrogens with one attached hydrogen (secondary N) is 1. The molecule has 106 valence electrons. The molecule has 0 aliphatic carbocycles. The van der Waals surface area contributed by atoms with Crippen LogP contribution in [0.3, 0.4) is 0 Å². The number of ether oxygens (including phenoxy) is 2. The summed E-state index contributed by atoms with van der Waals surface area (Å²) in [6.45, 7) is 4.62. The molecule has 1 aromatic heterocycles. The second kappa shape index (κ2) is 5.59. The lowest BCUT2D eigenvalue weighted by Crippen LogP contribution is -2.30. The van der Waals surface area contributed by atoms with Gasteiger partial charge in [-0.05, 0) is 43.7 Å². The lowest BCUT2D eigenvalue weighted by Gasteiger charge is -2.20. The molecule has 0 radical (unpaired) electrons. The van der Waals surface area contributed by atoms with Crippen molar-refractivity contribution < 1.29 is 13.9 Å². The van der Waals surface area contributed by atoms with Gasteiger partial charge in [0.05, 0.1) is 6.26 Å². The third-order valence-electron chi connectivity index (χ3n) is 3.52. The fraction of sp³-hybridized carbons (Fsp3) is 0.375.